The first-order valence-electron chi connectivity index (χ1n) is 10.1. The fourth-order valence-electron chi connectivity index (χ4n) is 3.90. The summed E-state index contributed by atoms with van der Waals surface area (Å²) in [6, 6.07) is 20.5. The first-order valence-corrected chi connectivity index (χ1v) is 12.9. The number of fused-ring (bicyclic) bond motifs is 1. The van der Waals surface area contributed by atoms with Gasteiger partial charge in [0, 0.05) is 21.1 Å². The van der Waals surface area contributed by atoms with Crippen LogP contribution in [0.2, 0.25) is 0 Å². The Morgan fingerprint density at radius 3 is 2.47 bits per heavy atom. The molecule has 0 N–H and O–H groups in total. The Kier molecular flexibility index (Phi) is 5.92. The minimum atomic E-state index is 0.649. The van der Waals surface area contributed by atoms with E-state index in [0.717, 1.165) is 39.6 Å². The molecule has 0 radical (unpaired) electrons. The lowest BCUT2D eigenvalue weighted by atomic mass is 10.0. The van der Waals surface area contributed by atoms with E-state index in [1.54, 1.807) is 34.4 Å². The predicted octanol–water partition coefficient (Wildman–Crippen LogP) is 7.39. The van der Waals surface area contributed by atoms with Crippen molar-refractivity contribution < 1.29 is 0 Å². The Labute approximate surface area is 199 Å². The number of nitriles is 2. The molecule has 1 aromatic carbocycles. The number of benzene rings is 1. The highest BCUT2D eigenvalue weighted by Crippen LogP contribution is 2.44. The van der Waals surface area contributed by atoms with Gasteiger partial charge in [-0.05, 0) is 70.6 Å². The van der Waals surface area contributed by atoms with Crippen LogP contribution < -0.4 is 0 Å². The maximum atomic E-state index is 10.1. The van der Waals surface area contributed by atoms with Crippen molar-refractivity contribution in [2.75, 3.05) is 0 Å². The molecule has 6 heteroatoms. The summed E-state index contributed by atoms with van der Waals surface area (Å²) in [6.45, 7) is 0. The minimum Gasteiger partial charge on any atom is -0.240 e. The Hall–Kier alpha value is -3.16. The number of thiophene rings is 2. The highest BCUT2D eigenvalue weighted by atomic mass is 32.2. The average molecular weight is 468 g/mol. The van der Waals surface area contributed by atoms with Gasteiger partial charge >= 0.3 is 0 Å². The van der Waals surface area contributed by atoms with Gasteiger partial charge in [-0.15, -0.1) is 34.4 Å². The van der Waals surface area contributed by atoms with Gasteiger partial charge in [-0.25, -0.2) is 4.98 Å². The third kappa shape index (κ3) is 4.01. The van der Waals surface area contributed by atoms with Crippen molar-refractivity contribution in [2.45, 2.75) is 23.6 Å². The van der Waals surface area contributed by atoms with Crippen LogP contribution in [0.25, 0.3) is 22.1 Å². The summed E-state index contributed by atoms with van der Waals surface area (Å²) in [6.07, 6.45) is 4.08. The topological polar surface area (TPSA) is 60.5 Å². The van der Waals surface area contributed by atoms with Gasteiger partial charge in [-0.2, -0.15) is 10.5 Å². The molecule has 3 aromatic heterocycles. The van der Waals surface area contributed by atoms with Crippen molar-refractivity contribution in [3.05, 3.63) is 92.1 Å². The van der Waals surface area contributed by atoms with Crippen molar-refractivity contribution >= 4 is 46.1 Å². The van der Waals surface area contributed by atoms with Crippen LogP contribution in [0.5, 0.6) is 0 Å². The molecule has 3 heterocycles. The number of pyridine rings is 1. The lowest BCUT2D eigenvalue weighted by molar-refractivity contribution is 1.05. The van der Waals surface area contributed by atoms with E-state index in [4.69, 9.17) is 10.2 Å². The van der Waals surface area contributed by atoms with Gasteiger partial charge in [0.25, 0.3) is 0 Å². The summed E-state index contributed by atoms with van der Waals surface area (Å²) in [7, 11) is 0. The zero-order chi connectivity index (χ0) is 21.9. The molecule has 0 bridgehead atoms. The standard InChI is InChI=1S/C26H17N3S3/c27-14-17-5-7-18(8-6-17)16-32-26-22(15-28)24(23-4-2-12-31-23)21-10-9-19(25(21)29-26)13-20-3-1-11-30-20/h1-8,11-13H,9-10,16H2/b19-13-. The summed E-state index contributed by atoms with van der Waals surface area (Å²) in [5.41, 5.74) is 6.93. The second-order valence-corrected chi connectivity index (χ2v) is 10.3. The molecule has 0 aliphatic heterocycles. The van der Waals surface area contributed by atoms with Gasteiger partial charge in [-0.1, -0.05) is 24.3 Å². The van der Waals surface area contributed by atoms with E-state index >= 15 is 0 Å². The number of nitrogens with zero attached hydrogens (tertiary/aromatic N) is 3. The molecular weight excluding hydrogens is 451 g/mol. The highest BCUT2D eigenvalue weighted by molar-refractivity contribution is 7.98. The van der Waals surface area contributed by atoms with Crippen molar-refractivity contribution in [1.82, 2.24) is 4.98 Å². The molecule has 4 aromatic rings. The molecule has 0 atom stereocenters. The Balaban J connectivity index is 1.59. The van der Waals surface area contributed by atoms with E-state index in [9.17, 15) is 5.26 Å². The van der Waals surface area contributed by atoms with Gasteiger partial charge in [0.15, 0.2) is 0 Å². The molecule has 0 saturated heterocycles. The number of rotatable bonds is 5. The van der Waals surface area contributed by atoms with E-state index in [2.05, 4.69) is 47.2 Å². The lowest BCUT2D eigenvalue weighted by Crippen LogP contribution is -2.00. The van der Waals surface area contributed by atoms with Gasteiger partial charge in [0.2, 0.25) is 0 Å². The van der Waals surface area contributed by atoms with E-state index in [1.807, 2.05) is 30.3 Å². The molecule has 5 rings (SSSR count). The summed E-state index contributed by atoms with van der Waals surface area (Å²) >= 11 is 4.98. The smallest absolute Gasteiger partial charge is 0.116 e. The maximum absolute atomic E-state index is 10.1. The van der Waals surface area contributed by atoms with E-state index < -0.39 is 0 Å². The molecule has 3 nitrogen and oxygen atoms in total. The van der Waals surface area contributed by atoms with E-state index in [0.29, 0.717) is 16.9 Å². The van der Waals surface area contributed by atoms with E-state index in [1.165, 1.54) is 16.0 Å². The van der Waals surface area contributed by atoms with Crippen molar-refractivity contribution in [1.29, 1.82) is 10.5 Å². The molecule has 0 amide bonds. The number of thioether (sulfide) groups is 1. The van der Waals surface area contributed by atoms with Crippen LogP contribution in [0.1, 0.15) is 39.2 Å². The summed E-state index contributed by atoms with van der Waals surface area (Å²) in [5.74, 6) is 0.694. The van der Waals surface area contributed by atoms with Crippen LogP contribution in [0.3, 0.4) is 0 Å². The number of aromatic nitrogens is 1. The third-order valence-electron chi connectivity index (χ3n) is 5.41. The van der Waals surface area contributed by atoms with Gasteiger partial charge < -0.3 is 0 Å². The van der Waals surface area contributed by atoms with Crippen molar-refractivity contribution in [3.8, 4) is 22.6 Å². The molecule has 154 valence electrons. The van der Waals surface area contributed by atoms with Crippen LogP contribution in [0.15, 0.2) is 64.3 Å². The first kappa shape index (κ1) is 20.7. The summed E-state index contributed by atoms with van der Waals surface area (Å²) in [4.78, 5) is 7.38. The van der Waals surface area contributed by atoms with Crippen molar-refractivity contribution in [3.63, 3.8) is 0 Å². The Morgan fingerprint density at radius 1 is 0.969 bits per heavy atom. The van der Waals surface area contributed by atoms with Crippen LogP contribution in [-0.2, 0) is 12.2 Å². The monoisotopic (exact) mass is 467 g/mol. The van der Waals surface area contributed by atoms with Crippen molar-refractivity contribution in [2.24, 2.45) is 0 Å². The Bertz CT molecular complexity index is 1370. The molecule has 32 heavy (non-hydrogen) atoms. The maximum Gasteiger partial charge on any atom is 0.116 e. The Morgan fingerprint density at radius 2 is 1.78 bits per heavy atom. The molecule has 0 fully saturated rings. The second-order valence-electron chi connectivity index (χ2n) is 7.37. The normalized spacial score (nSPS) is 13.6. The van der Waals surface area contributed by atoms with Crippen LogP contribution in [0, 0.1) is 22.7 Å². The molecule has 0 saturated carbocycles. The van der Waals surface area contributed by atoms with Gasteiger partial charge in [0.1, 0.15) is 11.1 Å². The zero-order valence-electron chi connectivity index (χ0n) is 17.0. The van der Waals surface area contributed by atoms with E-state index in [-0.39, 0.29) is 0 Å². The predicted molar refractivity (Wildman–Crippen MR) is 133 cm³/mol. The first-order chi connectivity index (χ1) is 15.8. The molecule has 0 spiro atoms. The van der Waals surface area contributed by atoms with Crippen LogP contribution >= 0.6 is 34.4 Å². The second kappa shape index (κ2) is 9.14. The quantitative estimate of drug-likeness (QED) is 0.287. The molecule has 1 aliphatic carbocycles. The highest BCUT2D eigenvalue weighted by Gasteiger charge is 2.27. The largest absolute Gasteiger partial charge is 0.240 e. The van der Waals surface area contributed by atoms with Gasteiger partial charge in [-0.3, -0.25) is 0 Å². The summed E-state index contributed by atoms with van der Waals surface area (Å²) < 4.78 is 0. The number of hydrogen-bond donors (Lipinski definition) is 0. The third-order valence-corrected chi connectivity index (χ3v) is 8.16. The van der Waals surface area contributed by atoms with Crippen LogP contribution in [-0.4, -0.2) is 4.98 Å². The fraction of sp³-hybridized carbons (Fsp3) is 0.115. The number of allylic oxidation sites excluding steroid dienone is 1. The molecule has 1 aliphatic rings. The molecular formula is C26H17N3S3. The SMILES string of the molecule is N#Cc1ccc(CSc2nc3c(c(-c4cccs4)c2C#N)CC/C3=C/c2cccs2)cc1. The average Bonchev–Trinajstić information content (AvgIpc) is 3.60. The lowest BCUT2D eigenvalue weighted by Gasteiger charge is -2.13. The van der Waals surface area contributed by atoms with Gasteiger partial charge in [0.05, 0.1) is 22.9 Å². The van der Waals surface area contributed by atoms with Crippen LogP contribution in [0.4, 0.5) is 0 Å². The zero-order valence-corrected chi connectivity index (χ0v) is 19.5. The minimum absolute atomic E-state index is 0.649. The summed E-state index contributed by atoms with van der Waals surface area (Å²) in [5, 5.41) is 24.1. The molecule has 0 unspecified atom stereocenters. The number of hydrogen-bond acceptors (Lipinski definition) is 6. The fourth-order valence-corrected chi connectivity index (χ4v) is 6.33.